The number of nitrogens with zero attached hydrogens (tertiary/aromatic N) is 2. The largest absolute Gasteiger partial charge is 0.509 e. The summed E-state index contributed by atoms with van der Waals surface area (Å²) in [6.45, 7) is 12.5. The van der Waals surface area contributed by atoms with Crippen molar-refractivity contribution in [2.75, 3.05) is 48.8 Å². The van der Waals surface area contributed by atoms with Crippen LogP contribution in [0, 0.1) is 13.8 Å². The average Bonchev–Trinajstić information content (AvgIpc) is 3.66. The van der Waals surface area contributed by atoms with E-state index in [1.165, 1.54) is 27.3 Å². The Labute approximate surface area is 386 Å². The Bertz CT molecular complexity index is 1960. The molecule has 2 spiro atoms. The predicted octanol–water partition coefficient (Wildman–Crippen LogP) is 9.60. The molecule has 0 saturated heterocycles. The average molecular weight is 916 g/mol. The number of halogens is 2. The number of carbonyl (C=O) groups excluding carboxylic acids is 4. The van der Waals surface area contributed by atoms with E-state index >= 15 is 0 Å². The zero-order chi connectivity index (χ0) is 47.4. The molecule has 4 aliphatic rings. The minimum absolute atomic E-state index is 0.137. The monoisotopic (exact) mass is 914 g/mol. The lowest BCUT2D eigenvalue weighted by Crippen LogP contribution is -2.49. The Morgan fingerprint density at radius 2 is 1.00 bits per heavy atom. The number of methoxy groups -OCH3 is 2. The molecule has 2 heterocycles. The van der Waals surface area contributed by atoms with Crippen molar-refractivity contribution >= 4 is 57.6 Å². The van der Waals surface area contributed by atoms with E-state index in [0.717, 1.165) is 97.6 Å². The molecule has 2 aliphatic carbocycles. The molecule has 2 aromatic rings. The highest BCUT2D eigenvalue weighted by molar-refractivity contribution is 6.62. The molecule has 14 heteroatoms. The summed E-state index contributed by atoms with van der Waals surface area (Å²) in [4.78, 5) is 51.4. The van der Waals surface area contributed by atoms with E-state index in [-0.39, 0.29) is 29.8 Å². The van der Waals surface area contributed by atoms with Gasteiger partial charge in [0, 0.05) is 48.8 Å². The fourth-order valence-corrected chi connectivity index (χ4v) is 9.15. The summed E-state index contributed by atoms with van der Waals surface area (Å²) >= 11 is 9.54. The van der Waals surface area contributed by atoms with Crippen molar-refractivity contribution in [3.63, 3.8) is 0 Å². The fourth-order valence-electron chi connectivity index (χ4n) is 9.15. The molecule has 0 unspecified atom stereocenters. The molecule has 350 valence electrons. The molecule has 0 bridgehead atoms. The van der Waals surface area contributed by atoms with Crippen LogP contribution in [0.25, 0.3) is 11.1 Å². The van der Waals surface area contributed by atoms with Crippen molar-refractivity contribution in [3.05, 3.63) is 80.3 Å². The van der Waals surface area contributed by atoms with Crippen molar-refractivity contribution in [1.29, 1.82) is 0 Å². The first-order valence-electron chi connectivity index (χ1n) is 22.1. The number of ether oxygens (including phenoxy) is 3. The van der Waals surface area contributed by atoms with Crippen LogP contribution in [0.5, 0.6) is 0 Å². The minimum Gasteiger partial charge on any atom is -0.509 e. The number of aliphatic hydroxyl groups excluding tert-OH is 1. The second-order valence-corrected chi connectivity index (χ2v) is 17.4. The van der Waals surface area contributed by atoms with Crippen LogP contribution in [-0.4, -0.2) is 110 Å². The van der Waals surface area contributed by atoms with E-state index in [4.69, 9.17) is 25.8 Å². The van der Waals surface area contributed by atoms with Gasteiger partial charge in [-0.3, -0.25) is 14.4 Å². The van der Waals surface area contributed by atoms with Gasteiger partial charge in [0.25, 0.3) is 11.8 Å². The second-order valence-electron chi connectivity index (χ2n) is 17.1. The number of carbonyl (C=O) groups is 4. The maximum absolute atomic E-state index is 13.4. The van der Waals surface area contributed by atoms with Gasteiger partial charge in [0.15, 0.2) is 0 Å². The Morgan fingerprint density at radius 1 is 0.667 bits per heavy atom. The van der Waals surface area contributed by atoms with Crippen molar-refractivity contribution < 1.29 is 38.5 Å². The van der Waals surface area contributed by atoms with E-state index in [1.807, 2.05) is 0 Å². The molecular weight excluding hydrogens is 843 g/mol. The Morgan fingerprint density at radius 3 is 1.33 bits per heavy atom. The molecule has 12 nitrogen and oxygen atoms in total. The Hall–Kier alpha value is -4.10. The molecule has 3 N–H and O–H groups in total. The molecule has 2 aliphatic heterocycles. The third-order valence-electron chi connectivity index (χ3n) is 12.6. The SMILES string of the molecule is CCc1cc(C)cc(CC)c1C1=C(O)C2(CCC(OC)CC2)NC1=O.CCc1cc(C)cc(CC)c1C1=C(OC(=O)N(C)C)C2(CCC(OC)CC2)NC1=O.CCl.CN(C)C(=O)Cl. The van der Waals surface area contributed by atoms with Crippen LogP contribution in [0.1, 0.15) is 124 Å². The predicted molar refractivity (Wildman–Crippen MR) is 253 cm³/mol. The van der Waals surface area contributed by atoms with Crippen LogP contribution >= 0.6 is 23.2 Å². The number of aryl methyl sites for hydroxylation is 6. The smallest absolute Gasteiger partial charge is 0.414 e. The quantitative estimate of drug-likeness (QED) is 0.128. The van der Waals surface area contributed by atoms with Crippen LogP contribution in [0.15, 0.2) is 35.8 Å². The van der Waals surface area contributed by atoms with Gasteiger partial charge in [-0.15, -0.1) is 11.6 Å². The van der Waals surface area contributed by atoms with Gasteiger partial charge in [-0.1, -0.05) is 63.1 Å². The molecule has 0 atom stereocenters. The number of benzene rings is 2. The highest BCUT2D eigenvalue weighted by atomic mass is 35.5. The van der Waals surface area contributed by atoms with Crippen LogP contribution in [0.2, 0.25) is 0 Å². The number of hydrogen-bond acceptors (Lipinski definition) is 8. The first kappa shape index (κ1) is 53.2. The van der Waals surface area contributed by atoms with Gasteiger partial charge in [0.05, 0.1) is 34.4 Å². The van der Waals surface area contributed by atoms with Gasteiger partial charge in [-0.2, -0.15) is 0 Å². The van der Waals surface area contributed by atoms with E-state index in [1.54, 1.807) is 42.4 Å². The summed E-state index contributed by atoms with van der Waals surface area (Å²) in [5, 5.41) is 17.0. The van der Waals surface area contributed by atoms with E-state index in [0.29, 0.717) is 29.7 Å². The normalized spacial score (nSPS) is 22.6. The van der Waals surface area contributed by atoms with Crippen LogP contribution in [0.3, 0.4) is 0 Å². The highest BCUT2D eigenvalue weighted by Crippen LogP contribution is 2.46. The molecule has 2 aromatic carbocycles. The van der Waals surface area contributed by atoms with Gasteiger partial charge >= 0.3 is 11.5 Å². The molecule has 6 rings (SSSR count). The van der Waals surface area contributed by atoms with E-state index < -0.39 is 22.5 Å². The summed E-state index contributed by atoms with van der Waals surface area (Å²) in [6, 6.07) is 8.53. The summed E-state index contributed by atoms with van der Waals surface area (Å²) in [7, 11) is 9.94. The lowest BCUT2D eigenvalue weighted by Gasteiger charge is -2.38. The van der Waals surface area contributed by atoms with Gasteiger partial charge in [-0.05, 0) is 136 Å². The third kappa shape index (κ3) is 12.2. The number of alkyl halides is 1. The minimum atomic E-state index is -0.659. The zero-order valence-corrected chi connectivity index (χ0v) is 41.4. The molecule has 0 aromatic heterocycles. The van der Waals surface area contributed by atoms with Crippen molar-refractivity contribution in [2.45, 2.75) is 142 Å². The number of rotatable bonds is 9. The summed E-state index contributed by atoms with van der Waals surface area (Å²) < 4.78 is 16.9. The van der Waals surface area contributed by atoms with Crippen molar-refractivity contribution in [3.8, 4) is 0 Å². The Balaban J connectivity index is 0.000000290. The van der Waals surface area contributed by atoms with Gasteiger partial charge in [-0.25, -0.2) is 4.79 Å². The summed E-state index contributed by atoms with van der Waals surface area (Å²) in [6.07, 6.45) is 10.8. The molecule has 4 amide bonds. The fraction of sp³-hybridized carbons (Fsp3) is 0.592. The Kier molecular flexibility index (Phi) is 20.0. The topological polar surface area (TPSA) is 147 Å². The molecule has 2 fully saturated rings. The van der Waals surface area contributed by atoms with Crippen molar-refractivity contribution in [2.24, 2.45) is 0 Å². The third-order valence-corrected chi connectivity index (χ3v) is 12.9. The van der Waals surface area contributed by atoms with Crippen LogP contribution in [-0.2, 0) is 49.5 Å². The van der Waals surface area contributed by atoms with Gasteiger partial charge in [0.2, 0.25) is 0 Å². The summed E-state index contributed by atoms with van der Waals surface area (Å²) in [5.41, 5.74) is 8.48. The van der Waals surface area contributed by atoms with Crippen LogP contribution < -0.4 is 10.6 Å². The van der Waals surface area contributed by atoms with Gasteiger partial charge in [0.1, 0.15) is 11.5 Å². The van der Waals surface area contributed by atoms with E-state index in [9.17, 15) is 24.3 Å². The molecule has 0 radical (unpaired) electrons. The zero-order valence-electron chi connectivity index (χ0n) is 39.9. The molecule has 2 saturated carbocycles. The first-order valence-corrected chi connectivity index (χ1v) is 23.3. The maximum atomic E-state index is 13.4. The highest BCUT2D eigenvalue weighted by Gasteiger charge is 2.51. The lowest BCUT2D eigenvalue weighted by molar-refractivity contribution is -0.117. The summed E-state index contributed by atoms with van der Waals surface area (Å²) in [5.74, 6) is 0.427. The molecular formula is C49H72Cl2N4O8. The number of hydrogen-bond donors (Lipinski definition) is 3. The van der Waals surface area contributed by atoms with Gasteiger partial charge < -0.3 is 39.8 Å². The first-order chi connectivity index (χ1) is 29.9. The number of nitrogens with one attached hydrogen (secondary N) is 2. The standard InChI is InChI=1S/C24H34N2O4.C21H29NO3.C3H6ClNO.CH3Cl/c1-7-16-13-15(3)14-17(8-2)19(16)20-21(30-23(28)26(4)5)24(25-22(20)27)11-9-18(29-6)10-12-24;1-5-14-11-13(3)12-15(6-2)17(14)18-19(23)21(22-20(18)24)9-7-16(25-4)8-10-21;1-5(2)3(4)6;1-2/h13-14,18H,7-12H2,1-6H3,(H,25,27);11-12,16,23H,5-10H2,1-4H3,(H,22,24);1-2H3;1H3. The maximum Gasteiger partial charge on any atom is 0.414 e. The lowest BCUT2D eigenvalue weighted by atomic mass is 9.78. The second kappa shape index (κ2) is 23.7. The number of amides is 4. The molecule has 63 heavy (non-hydrogen) atoms. The van der Waals surface area contributed by atoms with Crippen molar-refractivity contribution in [1.82, 2.24) is 20.4 Å². The van der Waals surface area contributed by atoms with Crippen LogP contribution in [0.4, 0.5) is 9.59 Å². The number of aliphatic hydroxyl groups is 1. The van der Waals surface area contributed by atoms with E-state index in [2.05, 4.69) is 88.0 Å².